The maximum atomic E-state index is 9.49. The van der Waals surface area contributed by atoms with Gasteiger partial charge in [0.2, 0.25) is 0 Å². The zero-order valence-electron chi connectivity index (χ0n) is 6.88. The molecule has 0 radical (unpaired) electrons. The van der Waals surface area contributed by atoms with Crippen LogP contribution in [-0.2, 0) is 16.5 Å². The Morgan fingerprint density at radius 1 is 1.15 bits per heavy atom. The van der Waals surface area contributed by atoms with E-state index in [2.05, 4.69) is 7.05 Å². The predicted octanol–water partition coefficient (Wildman–Crippen LogP) is 1.47. The average Bonchev–Trinajstić information content (AvgIpc) is 2.04. The minimum absolute atomic E-state index is 0. The summed E-state index contributed by atoms with van der Waals surface area (Å²) in [5.74, 6) is 0.267. The van der Waals surface area contributed by atoms with Crippen LogP contribution in [0, 0.1) is 7.05 Å². The molecule has 0 amide bonds. The fourth-order valence-corrected chi connectivity index (χ4v) is 1.32. The van der Waals surface area contributed by atoms with Crippen LogP contribution in [0.3, 0.4) is 0 Å². The summed E-state index contributed by atoms with van der Waals surface area (Å²) in [7, 11) is 3.77. The molecule has 68 valence electrons. The second-order valence-electron chi connectivity index (χ2n) is 2.69. The van der Waals surface area contributed by atoms with E-state index in [1.807, 2.05) is 30.5 Å². The third-order valence-corrected chi connectivity index (χ3v) is 1.87. The van der Waals surface area contributed by atoms with Crippen molar-refractivity contribution in [2.24, 2.45) is 0 Å². The summed E-state index contributed by atoms with van der Waals surface area (Å²) < 4.78 is 1.66. The molecule has 1 aromatic carbocycles. The Labute approximate surface area is 86.7 Å². The van der Waals surface area contributed by atoms with Crippen molar-refractivity contribution < 1.29 is 26.2 Å². The Morgan fingerprint density at radius 2 is 1.85 bits per heavy atom. The molecule has 0 aliphatic carbocycles. The maximum Gasteiger partial charge on any atom is 2.00 e. The van der Waals surface area contributed by atoms with Gasteiger partial charge in [0.25, 0.3) is 0 Å². The molecule has 0 atom stereocenters. The zero-order valence-corrected chi connectivity index (χ0v) is 7.87. The number of nitrogens with zero attached hydrogens (tertiary/aromatic N) is 1. The van der Waals surface area contributed by atoms with Crippen molar-refractivity contribution in [1.82, 2.24) is 0 Å². The van der Waals surface area contributed by atoms with Crippen LogP contribution in [0.4, 0.5) is 0 Å². The molecule has 1 heterocycles. The summed E-state index contributed by atoms with van der Waals surface area (Å²) >= 11 is 0. The van der Waals surface area contributed by atoms with Crippen molar-refractivity contribution in [3.63, 3.8) is 0 Å². The van der Waals surface area contributed by atoms with Crippen molar-refractivity contribution in [2.75, 3.05) is 0 Å². The molecule has 2 nitrogen and oxygen atoms in total. The van der Waals surface area contributed by atoms with E-state index < -0.39 is 0 Å². The van der Waals surface area contributed by atoms with E-state index in [0.29, 0.717) is 0 Å². The van der Waals surface area contributed by atoms with Crippen LogP contribution in [-0.4, -0.2) is 5.11 Å². The smallest absolute Gasteiger partial charge is 0.514 e. The fraction of sp³-hybridized carbons (Fsp3) is 0. The van der Waals surface area contributed by atoms with E-state index in [1.165, 1.54) is 0 Å². The minimum atomic E-state index is 0. The number of rotatable bonds is 0. The fourth-order valence-electron chi connectivity index (χ4n) is 1.32. The second-order valence-corrected chi connectivity index (χ2v) is 2.69. The first kappa shape index (κ1) is 9.88. The summed E-state index contributed by atoms with van der Waals surface area (Å²) in [4.78, 5) is 0. The van der Waals surface area contributed by atoms with Crippen LogP contribution in [0.2, 0.25) is 0 Å². The number of fused-ring (bicyclic) bond motifs is 1. The van der Waals surface area contributed by atoms with Gasteiger partial charge in [-0.05, 0) is 11.5 Å². The van der Waals surface area contributed by atoms with E-state index in [1.54, 1.807) is 10.6 Å². The first-order valence-electron chi connectivity index (χ1n) is 3.72. The summed E-state index contributed by atoms with van der Waals surface area (Å²) in [5.41, 5.74) is 0.764. The van der Waals surface area contributed by atoms with Crippen molar-refractivity contribution in [3.05, 3.63) is 43.6 Å². The van der Waals surface area contributed by atoms with Crippen LogP contribution in [0.1, 0.15) is 0 Å². The molecule has 0 unspecified atom stereocenters. The number of hydrogen-bond donors (Lipinski definition) is 1. The Hall–Kier alpha value is -1.21. The zero-order chi connectivity index (χ0) is 8.55. The molecule has 0 fully saturated rings. The third-order valence-electron chi connectivity index (χ3n) is 1.87. The van der Waals surface area contributed by atoms with Crippen molar-refractivity contribution >= 4 is 10.9 Å². The molecule has 2 aromatic rings. The van der Waals surface area contributed by atoms with Gasteiger partial charge in [0.05, 0.1) is 6.20 Å². The standard InChI is InChI=1S/C10H9NO.Ni/c1-11-7-3-5-8-4-2-6-9(12)10(8)11;/h2-7,12H,1H2;/q;+2. The molecular formula is C10H9NNiO+2. The van der Waals surface area contributed by atoms with Gasteiger partial charge in [-0.25, -0.2) is 0 Å². The van der Waals surface area contributed by atoms with Gasteiger partial charge in [-0.3, -0.25) is 0 Å². The molecule has 0 aliphatic heterocycles. The predicted molar refractivity (Wildman–Crippen MR) is 46.6 cm³/mol. The first-order chi connectivity index (χ1) is 5.79. The van der Waals surface area contributed by atoms with Gasteiger partial charge in [-0.2, -0.15) is 0 Å². The molecule has 13 heavy (non-hydrogen) atoms. The van der Waals surface area contributed by atoms with Gasteiger partial charge >= 0.3 is 16.5 Å². The molecule has 0 saturated carbocycles. The number of hydrogen-bond acceptors (Lipinski definition) is 1. The number of aromatic hydroxyl groups is 1. The number of para-hydroxylation sites is 1. The van der Waals surface area contributed by atoms with Crippen molar-refractivity contribution in [2.45, 2.75) is 0 Å². The molecule has 0 spiro atoms. The molecule has 2 rings (SSSR count). The SMILES string of the molecule is [CH2-][n+]1cccc2cccc(O)c21.[Ni+2]. The molecular weight excluding hydrogens is 209 g/mol. The van der Waals surface area contributed by atoms with Gasteiger partial charge in [0.1, 0.15) is 5.75 Å². The van der Waals surface area contributed by atoms with Crippen LogP contribution < -0.4 is 4.57 Å². The molecule has 0 bridgehead atoms. The van der Waals surface area contributed by atoms with Crippen LogP contribution in [0.25, 0.3) is 10.9 Å². The average molecular weight is 218 g/mol. The topological polar surface area (TPSA) is 24.1 Å². The van der Waals surface area contributed by atoms with Gasteiger partial charge in [0.15, 0.2) is 5.52 Å². The van der Waals surface area contributed by atoms with Crippen LogP contribution >= 0.6 is 0 Å². The van der Waals surface area contributed by atoms with E-state index in [9.17, 15) is 5.11 Å². The van der Waals surface area contributed by atoms with Gasteiger partial charge < -0.3 is 9.67 Å². The Balaban J connectivity index is 0.000000845. The number of aromatic nitrogens is 1. The summed E-state index contributed by atoms with van der Waals surface area (Å²) in [6, 6.07) is 9.25. The van der Waals surface area contributed by atoms with Crippen molar-refractivity contribution in [1.29, 1.82) is 0 Å². The molecule has 0 aliphatic rings. The van der Waals surface area contributed by atoms with Crippen LogP contribution in [0.15, 0.2) is 36.5 Å². The largest absolute Gasteiger partial charge is 2.00 e. The second kappa shape index (κ2) is 3.67. The number of pyridine rings is 1. The van der Waals surface area contributed by atoms with Crippen molar-refractivity contribution in [3.8, 4) is 5.75 Å². The number of phenolic OH excluding ortho intramolecular Hbond substituents is 1. The number of benzene rings is 1. The quantitative estimate of drug-likeness (QED) is 0.404. The van der Waals surface area contributed by atoms with Crippen LogP contribution in [0.5, 0.6) is 5.75 Å². The molecule has 0 saturated heterocycles. The normalized spacial score (nSPS) is 9.54. The van der Waals surface area contributed by atoms with E-state index >= 15 is 0 Å². The van der Waals surface area contributed by atoms with Gasteiger partial charge in [-0.15, -0.1) is 0 Å². The van der Waals surface area contributed by atoms with Gasteiger partial charge in [-0.1, -0.05) is 24.3 Å². The van der Waals surface area contributed by atoms with E-state index in [0.717, 1.165) is 10.9 Å². The molecule has 1 aromatic heterocycles. The summed E-state index contributed by atoms with van der Waals surface area (Å²) in [6.07, 6.45) is 1.81. The number of phenols is 1. The first-order valence-corrected chi connectivity index (χ1v) is 3.72. The van der Waals surface area contributed by atoms with E-state index in [-0.39, 0.29) is 22.2 Å². The minimum Gasteiger partial charge on any atom is -0.514 e. The molecule has 3 heteroatoms. The Morgan fingerprint density at radius 3 is 2.54 bits per heavy atom. The summed E-state index contributed by atoms with van der Waals surface area (Å²) in [6.45, 7) is 0. The van der Waals surface area contributed by atoms with Gasteiger partial charge in [0, 0.05) is 7.05 Å². The molecule has 1 N–H and O–H groups in total. The monoisotopic (exact) mass is 217 g/mol. The van der Waals surface area contributed by atoms with E-state index in [4.69, 9.17) is 0 Å². The maximum absolute atomic E-state index is 9.49. The Kier molecular flexibility index (Phi) is 2.79. The summed E-state index contributed by atoms with van der Waals surface area (Å²) in [5, 5.41) is 10.5. The Bertz CT molecular complexity index is 391. The third kappa shape index (κ3) is 1.61.